The Morgan fingerprint density at radius 2 is 1.81 bits per heavy atom. The number of rotatable bonds is 6. The Balaban J connectivity index is 1.97. The van der Waals surface area contributed by atoms with E-state index in [1.807, 2.05) is 0 Å². The highest BCUT2D eigenvalue weighted by Gasteiger charge is 2.23. The van der Waals surface area contributed by atoms with E-state index >= 15 is 0 Å². The third-order valence-corrected chi connectivity index (χ3v) is 5.13. The highest BCUT2D eigenvalue weighted by molar-refractivity contribution is 5.26. The molecule has 2 rings (SSSR count). The summed E-state index contributed by atoms with van der Waals surface area (Å²) in [5.41, 5.74) is 2.43. The van der Waals surface area contributed by atoms with Gasteiger partial charge < -0.3 is 5.11 Å². The van der Waals surface area contributed by atoms with Gasteiger partial charge >= 0.3 is 0 Å². The molecule has 1 saturated heterocycles. The van der Waals surface area contributed by atoms with Crippen molar-refractivity contribution in [1.29, 1.82) is 0 Å². The van der Waals surface area contributed by atoms with Crippen LogP contribution in [0.3, 0.4) is 0 Å². The van der Waals surface area contributed by atoms with Crippen molar-refractivity contribution in [3.8, 4) is 0 Å². The molecule has 2 nitrogen and oxygen atoms in total. The summed E-state index contributed by atoms with van der Waals surface area (Å²) in [4.78, 5) is 2.48. The summed E-state index contributed by atoms with van der Waals surface area (Å²) in [6, 6.07) is 9.24. The number of benzene rings is 1. The zero-order valence-electron chi connectivity index (χ0n) is 13.9. The lowest BCUT2D eigenvalue weighted by Crippen LogP contribution is -2.41. The predicted molar refractivity (Wildman–Crippen MR) is 89.6 cm³/mol. The normalized spacial score (nSPS) is 23.0. The maximum atomic E-state index is 10.5. The molecule has 0 spiro atoms. The summed E-state index contributed by atoms with van der Waals surface area (Å²) < 4.78 is 0. The van der Waals surface area contributed by atoms with Crippen LogP contribution in [0.15, 0.2) is 24.3 Å². The van der Waals surface area contributed by atoms with Gasteiger partial charge in [0.15, 0.2) is 0 Å². The fraction of sp³-hybridized carbons (Fsp3) is 0.684. The second-order valence-electron chi connectivity index (χ2n) is 6.54. The second kappa shape index (κ2) is 7.95. The van der Waals surface area contributed by atoms with Gasteiger partial charge in [0.2, 0.25) is 0 Å². The molecule has 0 amide bonds. The maximum absolute atomic E-state index is 10.5. The van der Waals surface area contributed by atoms with E-state index in [0.717, 1.165) is 25.1 Å². The molecule has 2 heteroatoms. The Morgan fingerprint density at radius 1 is 1.14 bits per heavy atom. The molecule has 0 aliphatic carbocycles. The van der Waals surface area contributed by atoms with Crippen molar-refractivity contribution in [2.24, 2.45) is 0 Å². The van der Waals surface area contributed by atoms with Crippen molar-refractivity contribution in [1.82, 2.24) is 4.90 Å². The standard InChI is InChI=1S/C19H31NO/c1-4-15(3)16-9-11-17(12-10-16)19(21)14-20-13-7-6-8-18(20)5-2/h9-12,15,18-19,21H,4-8,13-14H2,1-3H3. The molecule has 1 aromatic rings. The molecule has 0 saturated carbocycles. The molecule has 118 valence electrons. The van der Waals surface area contributed by atoms with Crippen LogP contribution < -0.4 is 0 Å². The van der Waals surface area contributed by atoms with E-state index in [4.69, 9.17) is 0 Å². The lowest BCUT2D eigenvalue weighted by Gasteiger charge is -2.36. The highest BCUT2D eigenvalue weighted by Crippen LogP contribution is 2.25. The van der Waals surface area contributed by atoms with Crippen LogP contribution in [0.2, 0.25) is 0 Å². The molecule has 0 bridgehead atoms. The van der Waals surface area contributed by atoms with E-state index in [2.05, 4.69) is 49.9 Å². The van der Waals surface area contributed by atoms with Gasteiger partial charge in [0.25, 0.3) is 0 Å². The first-order valence-electron chi connectivity index (χ1n) is 8.67. The van der Waals surface area contributed by atoms with Gasteiger partial charge in [-0.3, -0.25) is 4.90 Å². The Morgan fingerprint density at radius 3 is 2.43 bits per heavy atom. The second-order valence-corrected chi connectivity index (χ2v) is 6.54. The Hall–Kier alpha value is -0.860. The van der Waals surface area contributed by atoms with Crippen LogP contribution in [-0.2, 0) is 0 Å². The minimum atomic E-state index is -0.358. The highest BCUT2D eigenvalue weighted by atomic mass is 16.3. The maximum Gasteiger partial charge on any atom is 0.0917 e. The number of β-amino-alcohol motifs (C(OH)–C–C–N with tert-alkyl or cyclic N) is 1. The molecule has 21 heavy (non-hydrogen) atoms. The number of aliphatic hydroxyl groups is 1. The topological polar surface area (TPSA) is 23.5 Å². The number of aliphatic hydroxyl groups excluding tert-OH is 1. The van der Waals surface area contributed by atoms with Crippen LogP contribution in [-0.4, -0.2) is 29.1 Å². The van der Waals surface area contributed by atoms with E-state index in [1.54, 1.807) is 0 Å². The third kappa shape index (κ3) is 4.31. The van der Waals surface area contributed by atoms with Crippen LogP contribution in [0.4, 0.5) is 0 Å². The molecular weight excluding hydrogens is 258 g/mol. The lowest BCUT2D eigenvalue weighted by atomic mass is 9.95. The summed E-state index contributed by atoms with van der Waals surface area (Å²) in [6.45, 7) is 8.65. The van der Waals surface area contributed by atoms with Gasteiger partial charge in [0.05, 0.1) is 6.10 Å². The van der Waals surface area contributed by atoms with Gasteiger partial charge in [0.1, 0.15) is 0 Å². The quantitative estimate of drug-likeness (QED) is 0.833. The first-order chi connectivity index (χ1) is 10.2. The van der Waals surface area contributed by atoms with Gasteiger partial charge in [0, 0.05) is 12.6 Å². The zero-order chi connectivity index (χ0) is 15.2. The van der Waals surface area contributed by atoms with Gasteiger partial charge in [-0.2, -0.15) is 0 Å². The first kappa shape index (κ1) is 16.5. The van der Waals surface area contributed by atoms with Crippen LogP contribution in [0, 0.1) is 0 Å². The summed E-state index contributed by atoms with van der Waals surface area (Å²) in [5.74, 6) is 0.600. The van der Waals surface area contributed by atoms with Gasteiger partial charge in [-0.05, 0) is 49.3 Å². The van der Waals surface area contributed by atoms with Gasteiger partial charge in [-0.1, -0.05) is 51.5 Å². The molecule has 1 aromatic carbocycles. The zero-order valence-corrected chi connectivity index (χ0v) is 13.9. The Kier molecular flexibility index (Phi) is 6.25. The van der Waals surface area contributed by atoms with Crippen LogP contribution >= 0.6 is 0 Å². The molecule has 1 fully saturated rings. The van der Waals surface area contributed by atoms with Crippen LogP contribution in [0.1, 0.15) is 76.0 Å². The van der Waals surface area contributed by atoms with Crippen LogP contribution in [0.5, 0.6) is 0 Å². The fourth-order valence-corrected chi connectivity index (χ4v) is 3.37. The van der Waals surface area contributed by atoms with E-state index in [0.29, 0.717) is 12.0 Å². The average molecular weight is 289 g/mol. The van der Waals surface area contributed by atoms with Crippen LogP contribution in [0.25, 0.3) is 0 Å². The van der Waals surface area contributed by atoms with Crippen molar-refractivity contribution in [2.45, 2.75) is 70.9 Å². The summed E-state index contributed by atoms with van der Waals surface area (Å²) in [5, 5.41) is 10.5. The minimum Gasteiger partial charge on any atom is -0.387 e. The third-order valence-electron chi connectivity index (χ3n) is 5.13. The van der Waals surface area contributed by atoms with Crippen molar-refractivity contribution in [3.05, 3.63) is 35.4 Å². The van der Waals surface area contributed by atoms with Crippen molar-refractivity contribution < 1.29 is 5.11 Å². The molecule has 3 atom stereocenters. The van der Waals surface area contributed by atoms with Crippen molar-refractivity contribution in [2.75, 3.05) is 13.1 Å². The number of likely N-dealkylation sites (tertiary alicyclic amines) is 1. The molecule has 1 aliphatic rings. The molecule has 1 aliphatic heterocycles. The monoisotopic (exact) mass is 289 g/mol. The van der Waals surface area contributed by atoms with Gasteiger partial charge in [-0.25, -0.2) is 0 Å². The average Bonchev–Trinajstić information content (AvgIpc) is 2.54. The summed E-state index contributed by atoms with van der Waals surface area (Å²) in [7, 11) is 0. The van der Waals surface area contributed by atoms with Crippen molar-refractivity contribution >= 4 is 0 Å². The number of hydrogen-bond acceptors (Lipinski definition) is 2. The molecular formula is C19H31NO. The number of piperidine rings is 1. The molecule has 1 heterocycles. The molecule has 3 unspecified atom stereocenters. The largest absolute Gasteiger partial charge is 0.387 e. The molecule has 0 aromatic heterocycles. The van der Waals surface area contributed by atoms with Gasteiger partial charge in [-0.15, -0.1) is 0 Å². The smallest absolute Gasteiger partial charge is 0.0917 e. The Bertz CT molecular complexity index is 414. The molecule has 0 radical (unpaired) electrons. The predicted octanol–water partition coefficient (Wildman–Crippen LogP) is 4.50. The van der Waals surface area contributed by atoms with E-state index in [1.165, 1.54) is 31.2 Å². The fourth-order valence-electron chi connectivity index (χ4n) is 3.37. The summed E-state index contributed by atoms with van der Waals surface area (Å²) in [6.07, 6.45) is 5.90. The van der Waals surface area contributed by atoms with E-state index in [9.17, 15) is 5.11 Å². The molecule has 1 N–H and O–H groups in total. The minimum absolute atomic E-state index is 0.358. The number of nitrogens with zero attached hydrogens (tertiary/aromatic N) is 1. The lowest BCUT2D eigenvalue weighted by molar-refractivity contribution is 0.0656. The van der Waals surface area contributed by atoms with E-state index in [-0.39, 0.29) is 6.10 Å². The summed E-state index contributed by atoms with van der Waals surface area (Å²) >= 11 is 0. The first-order valence-corrected chi connectivity index (χ1v) is 8.67. The Labute approximate surface area is 130 Å². The SMILES string of the molecule is CCC(C)c1ccc(C(O)CN2CCCCC2CC)cc1. The van der Waals surface area contributed by atoms with Crippen molar-refractivity contribution in [3.63, 3.8) is 0 Å². The van der Waals surface area contributed by atoms with E-state index < -0.39 is 0 Å². The number of hydrogen-bond donors (Lipinski definition) is 1.